The fraction of sp³-hybridized carbons (Fsp3) is 0.300. The van der Waals surface area contributed by atoms with E-state index in [0.717, 1.165) is 5.56 Å². The van der Waals surface area contributed by atoms with Crippen LogP contribution in [-0.4, -0.2) is 11.2 Å². The fourth-order valence-electron chi connectivity index (χ4n) is 0.972. The molecule has 14 heavy (non-hydrogen) atoms. The highest BCUT2D eigenvalue weighted by molar-refractivity contribution is 7.81. The maximum Gasteiger partial charge on any atom is 0.237 e. The van der Waals surface area contributed by atoms with E-state index in [4.69, 9.17) is 0 Å². The van der Waals surface area contributed by atoms with Gasteiger partial charge in [-0.05, 0) is 31.5 Å². The van der Waals surface area contributed by atoms with Crippen molar-refractivity contribution in [2.24, 2.45) is 0 Å². The molecule has 0 aliphatic heterocycles. The first-order chi connectivity index (χ1) is 6.50. The van der Waals surface area contributed by atoms with Crippen LogP contribution >= 0.6 is 12.6 Å². The number of rotatable bonds is 2. The predicted molar refractivity (Wildman–Crippen MR) is 58.2 cm³/mol. The topological polar surface area (TPSA) is 29.1 Å². The lowest BCUT2D eigenvalue weighted by atomic mass is 10.2. The molecule has 1 amide bonds. The molecular weight excluding hydrogens is 201 g/mol. The summed E-state index contributed by atoms with van der Waals surface area (Å²) in [6.45, 7) is 3.46. The molecule has 0 saturated heterocycles. The third kappa shape index (κ3) is 2.73. The van der Waals surface area contributed by atoms with Gasteiger partial charge in [0.25, 0.3) is 0 Å². The second kappa shape index (κ2) is 4.46. The number of anilines is 1. The average molecular weight is 213 g/mol. The number of amides is 1. The van der Waals surface area contributed by atoms with Crippen LogP contribution in [0.2, 0.25) is 0 Å². The van der Waals surface area contributed by atoms with Gasteiger partial charge in [-0.25, -0.2) is 4.39 Å². The number of benzene rings is 1. The van der Waals surface area contributed by atoms with Gasteiger partial charge in [-0.2, -0.15) is 12.6 Å². The monoisotopic (exact) mass is 213 g/mol. The Balaban J connectivity index is 2.86. The second-order valence-electron chi connectivity index (χ2n) is 3.15. The van der Waals surface area contributed by atoms with Crippen molar-refractivity contribution < 1.29 is 9.18 Å². The molecule has 2 nitrogen and oxygen atoms in total. The number of carbonyl (C=O) groups excluding carboxylic acids is 1. The summed E-state index contributed by atoms with van der Waals surface area (Å²) in [6, 6.07) is 4.56. The highest BCUT2D eigenvalue weighted by Crippen LogP contribution is 2.16. The van der Waals surface area contributed by atoms with Crippen LogP contribution in [0, 0.1) is 12.7 Å². The van der Waals surface area contributed by atoms with Crippen LogP contribution in [0.15, 0.2) is 18.2 Å². The number of halogens is 1. The Morgan fingerprint density at radius 2 is 2.21 bits per heavy atom. The number of hydrogen-bond acceptors (Lipinski definition) is 2. The number of carbonyl (C=O) groups is 1. The molecule has 0 saturated carbocycles. The summed E-state index contributed by atoms with van der Waals surface area (Å²) < 4.78 is 13.2. The van der Waals surface area contributed by atoms with Crippen LogP contribution in [0.5, 0.6) is 0 Å². The van der Waals surface area contributed by atoms with Crippen molar-refractivity contribution in [1.29, 1.82) is 0 Å². The zero-order valence-electron chi connectivity index (χ0n) is 8.04. The fourth-order valence-corrected chi connectivity index (χ4v) is 1.04. The summed E-state index contributed by atoms with van der Waals surface area (Å²) in [6.07, 6.45) is 0. The van der Waals surface area contributed by atoms with Gasteiger partial charge in [0.2, 0.25) is 5.91 Å². The average Bonchev–Trinajstić information content (AvgIpc) is 2.11. The Kier molecular flexibility index (Phi) is 3.52. The molecule has 0 bridgehead atoms. The van der Waals surface area contributed by atoms with Crippen LogP contribution < -0.4 is 5.32 Å². The van der Waals surface area contributed by atoms with E-state index in [9.17, 15) is 9.18 Å². The number of thiol groups is 1. The second-order valence-corrected chi connectivity index (χ2v) is 3.92. The van der Waals surface area contributed by atoms with Crippen molar-refractivity contribution in [3.63, 3.8) is 0 Å². The molecule has 0 aromatic heterocycles. The molecule has 1 unspecified atom stereocenters. The van der Waals surface area contributed by atoms with Crippen molar-refractivity contribution >= 4 is 24.2 Å². The van der Waals surface area contributed by atoms with Crippen molar-refractivity contribution in [3.05, 3.63) is 29.6 Å². The zero-order chi connectivity index (χ0) is 10.7. The molecule has 0 aliphatic rings. The lowest BCUT2D eigenvalue weighted by Gasteiger charge is -2.08. The number of aryl methyl sites for hydroxylation is 1. The summed E-state index contributed by atoms with van der Waals surface area (Å²) in [5.41, 5.74) is 1.10. The Hall–Kier alpha value is -1.03. The Bertz CT molecular complexity index is 352. The number of nitrogens with one attached hydrogen (secondary N) is 1. The maximum atomic E-state index is 13.2. The van der Waals surface area contributed by atoms with Gasteiger partial charge in [0.15, 0.2) is 0 Å². The Morgan fingerprint density at radius 3 is 2.79 bits per heavy atom. The van der Waals surface area contributed by atoms with E-state index in [1.54, 1.807) is 19.1 Å². The van der Waals surface area contributed by atoms with Crippen molar-refractivity contribution in [3.8, 4) is 0 Å². The van der Waals surface area contributed by atoms with Gasteiger partial charge in [0.05, 0.1) is 10.9 Å². The van der Waals surface area contributed by atoms with E-state index < -0.39 is 11.1 Å². The summed E-state index contributed by atoms with van der Waals surface area (Å²) in [4.78, 5) is 11.2. The van der Waals surface area contributed by atoms with Gasteiger partial charge in [-0.3, -0.25) is 4.79 Å². The molecule has 1 rings (SSSR count). The van der Waals surface area contributed by atoms with E-state index in [-0.39, 0.29) is 11.6 Å². The normalized spacial score (nSPS) is 12.3. The molecule has 0 heterocycles. The molecule has 1 atom stereocenters. The molecule has 1 N–H and O–H groups in total. The van der Waals surface area contributed by atoms with Crippen LogP contribution in [0.1, 0.15) is 12.5 Å². The molecule has 0 fully saturated rings. The third-order valence-corrected chi connectivity index (χ3v) is 1.99. The van der Waals surface area contributed by atoms with Gasteiger partial charge in [0, 0.05) is 0 Å². The van der Waals surface area contributed by atoms with Crippen LogP contribution in [0.25, 0.3) is 0 Å². The standard InChI is InChI=1S/C10H12FNOS/c1-6-3-4-8(11)9(5-6)12-10(13)7(2)14/h3-5,7,14H,1-2H3,(H,12,13). The highest BCUT2D eigenvalue weighted by atomic mass is 32.1. The van der Waals surface area contributed by atoms with Gasteiger partial charge in [-0.15, -0.1) is 0 Å². The minimum Gasteiger partial charge on any atom is -0.323 e. The van der Waals surface area contributed by atoms with E-state index >= 15 is 0 Å². The summed E-state index contributed by atoms with van der Waals surface area (Å²) in [5, 5.41) is 2.01. The van der Waals surface area contributed by atoms with Gasteiger partial charge in [0.1, 0.15) is 5.82 Å². The van der Waals surface area contributed by atoms with E-state index in [1.165, 1.54) is 6.07 Å². The van der Waals surface area contributed by atoms with Crippen LogP contribution in [0.3, 0.4) is 0 Å². The first-order valence-electron chi connectivity index (χ1n) is 4.26. The Labute approximate surface area is 87.9 Å². The first-order valence-corrected chi connectivity index (χ1v) is 4.77. The minimum atomic E-state index is -0.449. The lowest BCUT2D eigenvalue weighted by Crippen LogP contribution is -2.21. The molecule has 4 heteroatoms. The summed E-state index contributed by atoms with van der Waals surface area (Å²) in [7, 11) is 0. The molecule has 0 aliphatic carbocycles. The Morgan fingerprint density at radius 1 is 1.57 bits per heavy atom. The SMILES string of the molecule is Cc1ccc(F)c(NC(=O)C(C)S)c1. The third-order valence-electron chi connectivity index (χ3n) is 1.76. The van der Waals surface area contributed by atoms with Crippen molar-refractivity contribution in [1.82, 2.24) is 0 Å². The summed E-state index contributed by atoms with van der Waals surface area (Å²) >= 11 is 3.95. The van der Waals surface area contributed by atoms with Gasteiger partial charge >= 0.3 is 0 Å². The zero-order valence-corrected chi connectivity index (χ0v) is 8.94. The molecular formula is C10H12FNOS. The molecule has 0 radical (unpaired) electrons. The quantitative estimate of drug-likeness (QED) is 0.726. The van der Waals surface area contributed by atoms with Crippen molar-refractivity contribution in [2.45, 2.75) is 19.1 Å². The highest BCUT2D eigenvalue weighted by Gasteiger charge is 2.10. The molecule has 76 valence electrons. The number of hydrogen-bond donors (Lipinski definition) is 2. The van der Waals surface area contributed by atoms with Gasteiger partial charge < -0.3 is 5.32 Å². The molecule has 1 aromatic carbocycles. The lowest BCUT2D eigenvalue weighted by molar-refractivity contribution is -0.115. The van der Waals surface area contributed by atoms with E-state index in [2.05, 4.69) is 17.9 Å². The van der Waals surface area contributed by atoms with Crippen LogP contribution in [-0.2, 0) is 4.79 Å². The smallest absolute Gasteiger partial charge is 0.237 e. The predicted octanol–water partition coefficient (Wildman–Crippen LogP) is 2.39. The van der Waals surface area contributed by atoms with E-state index in [0.29, 0.717) is 0 Å². The first kappa shape index (κ1) is 11.0. The summed E-state index contributed by atoms with van der Waals surface area (Å²) in [5.74, 6) is -0.740. The molecule has 1 aromatic rings. The van der Waals surface area contributed by atoms with Gasteiger partial charge in [-0.1, -0.05) is 6.07 Å². The minimum absolute atomic E-state index is 0.205. The van der Waals surface area contributed by atoms with Crippen LogP contribution in [0.4, 0.5) is 10.1 Å². The largest absolute Gasteiger partial charge is 0.323 e. The molecule has 0 spiro atoms. The maximum absolute atomic E-state index is 13.2. The van der Waals surface area contributed by atoms with Crippen molar-refractivity contribution in [2.75, 3.05) is 5.32 Å². The van der Waals surface area contributed by atoms with E-state index in [1.807, 2.05) is 6.92 Å².